The Hall–Kier alpha value is -0.930. The molecular formula is C11H17N3. The van der Waals surface area contributed by atoms with Gasteiger partial charge in [-0.25, -0.2) is 0 Å². The van der Waals surface area contributed by atoms with Crippen LogP contribution >= 0.6 is 0 Å². The van der Waals surface area contributed by atoms with Gasteiger partial charge in [0.15, 0.2) is 0 Å². The molecule has 0 amide bonds. The van der Waals surface area contributed by atoms with Crippen molar-refractivity contribution in [3.05, 3.63) is 30.1 Å². The van der Waals surface area contributed by atoms with E-state index < -0.39 is 0 Å². The van der Waals surface area contributed by atoms with Crippen molar-refractivity contribution in [2.75, 3.05) is 0 Å². The third kappa shape index (κ3) is 2.30. The van der Waals surface area contributed by atoms with Crippen molar-refractivity contribution < 1.29 is 0 Å². The lowest BCUT2D eigenvalue weighted by Gasteiger charge is -2.16. The lowest BCUT2D eigenvalue weighted by atomic mass is 10.2. The topological polar surface area (TPSA) is 50.9 Å². The molecule has 1 aromatic rings. The van der Waals surface area contributed by atoms with Crippen molar-refractivity contribution in [3.63, 3.8) is 0 Å². The van der Waals surface area contributed by atoms with Crippen LogP contribution in [0.5, 0.6) is 0 Å². The van der Waals surface area contributed by atoms with Crippen LogP contribution in [0.15, 0.2) is 24.4 Å². The maximum Gasteiger partial charge on any atom is 0.0541 e. The first-order valence-corrected chi connectivity index (χ1v) is 5.25. The fourth-order valence-corrected chi connectivity index (χ4v) is 1.98. The van der Waals surface area contributed by atoms with Crippen LogP contribution < -0.4 is 11.1 Å². The van der Waals surface area contributed by atoms with Gasteiger partial charge in [0.1, 0.15) is 0 Å². The lowest BCUT2D eigenvalue weighted by molar-refractivity contribution is 0.472. The lowest BCUT2D eigenvalue weighted by Crippen LogP contribution is -2.40. The Balaban J connectivity index is 1.82. The Morgan fingerprint density at radius 2 is 2.36 bits per heavy atom. The fourth-order valence-electron chi connectivity index (χ4n) is 1.98. The quantitative estimate of drug-likeness (QED) is 0.751. The van der Waals surface area contributed by atoms with Crippen molar-refractivity contribution in [2.45, 2.75) is 37.9 Å². The first kappa shape index (κ1) is 9.62. The molecule has 0 aliphatic heterocycles. The molecule has 3 heteroatoms. The van der Waals surface area contributed by atoms with E-state index in [1.165, 1.54) is 12.8 Å². The molecule has 1 fully saturated rings. The molecule has 0 aromatic carbocycles. The highest BCUT2D eigenvalue weighted by Gasteiger charge is 2.22. The van der Waals surface area contributed by atoms with E-state index in [1.807, 2.05) is 24.4 Å². The number of nitrogens with two attached hydrogens (primary N) is 1. The first-order valence-electron chi connectivity index (χ1n) is 5.25. The van der Waals surface area contributed by atoms with Gasteiger partial charge >= 0.3 is 0 Å². The molecule has 2 atom stereocenters. The molecule has 0 spiro atoms. The molecule has 2 unspecified atom stereocenters. The Kier molecular flexibility index (Phi) is 3.11. The van der Waals surface area contributed by atoms with Gasteiger partial charge in [0, 0.05) is 24.8 Å². The molecule has 0 bridgehead atoms. The molecule has 1 aromatic heterocycles. The highest BCUT2D eigenvalue weighted by molar-refractivity contribution is 5.03. The van der Waals surface area contributed by atoms with E-state index >= 15 is 0 Å². The number of nitrogens with one attached hydrogen (secondary N) is 1. The predicted octanol–water partition coefficient (Wildman–Crippen LogP) is 1.05. The van der Waals surface area contributed by atoms with Crippen LogP contribution in [0.25, 0.3) is 0 Å². The van der Waals surface area contributed by atoms with Crippen molar-refractivity contribution in [2.24, 2.45) is 5.73 Å². The molecule has 14 heavy (non-hydrogen) atoms. The zero-order valence-corrected chi connectivity index (χ0v) is 8.32. The summed E-state index contributed by atoms with van der Waals surface area (Å²) < 4.78 is 0. The first-order chi connectivity index (χ1) is 6.86. The molecular weight excluding hydrogens is 174 g/mol. The SMILES string of the molecule is NC1CCCC1NCc1ccccn1. The van der Waals surface area contributed by atoms with Crippen LogP contribution in [0.4, 0.5) is 0 Å². The average Bonchev–Trinajstić information content (AvgIpc) is 2.63. The minimum absolute atomic E-state index is 0.332. The van der Waals surface area contributed by atoms with E-state index in [-0.39, 0.29) is 0 Å². The second-order valence-electron chi connectivity index (χ2n) is 3.90. The van der Waals surface area contributed by atoms with Crippen molar-refractivity contribution in [3.8, 4) is 0 Å². The number of hydrogen-bond acceptors (Lipinski definition) is 3. The Morgan fingerprint density at radius 3 is 3.00 bits per heavy atom. The van der Waals surface area contributed by atoms with Gasteiger partial charge in [-0.15, -0.1) is 0 Å². The highest BCUT2D eigenvalue weighted by atomic mass is 15.0. The molecule has 1 saturated carbocycles. The normalized spacial score (nSPS) is 26.6. The average molecular weight is 191 g/mol. The summed E-state index contributed by atoms with van der Waals surface area (Å²) in [5.41, 5.74) is 7.05. The van der Waals surface area contributed by atoms with E-state index in [2.05, 4.69) is 10.3 Å². The molecule has 0 radical (unpaired) electrons. The van der Waals surface area contributed by atoms with E-state index in [9.17, 15) is 0 Å². The molecule has 1 heterocycles. The van der Waals surface area contributed by atoms with E-state index in [4.69, 9.17) is 5.73 Å². The Labute approximate surface area is 84.7 Å². The van der Waals surface area contributed by atoms with Gasteiger partial charge in [0.25, 0.3) is 0 Å². The van der Waals surface area contributed by atoms with E-state index in [0.717, 1.165) is 18.7 Å². The molecule has 0 saturated heterocycles. The highest BCUT2D eigenvalue weighted by Crippen LogP contribution is 2.17. The number of nitrogens with zero attached hydrogens (tertiary/aromatic N) is 1. The van der Waals surface area contributed by atoms with E-state index in [1.54, 1.807) is 0 Å². The monoisotopic (exact) mass is 191 g/mol. The van der Waals surface area contributed by atoms with Gasteiger partial charge in [0.2, 0.25) is 0 Å². The van der Waals surface area contributed by atoms with Gasteiger partial charge in [0.05, 0.1) is 5.69 Å². The summed E-state index contributed by atoms with van der Waals surface area (Å²) in [7, 11) is 0. The Bertz CT molecular complexity index is 273. The van der Waals surface area contributed by atoms with Gasteiger partial charge in [-0.05, 0) is 25.0 Å². The predicted molar refractivity (Wildman–Crippen MR) is 56.7 cm³/mol. The van der Waals surface area contributed by atoms with Crippen LogP contribution in [-0.4, -0.2) is 17.1 Å². The molecule has 3 N–H and O–H groups in total. The maximum absolute atomic E-state index is 5.96. The van der Waals surface area contributed by atoms with Crippen molar-refractivity contribution in [1.82, 2.24) is 10.3 Å². The third-order valence-electron chi connectivity index (χ3n) is 2.84. The second-order valence-corrected chi connectivity index (χ2v) is 3.90. The largest absolute Gasteiger partial charge is 0.326 e. The zero-order valence-electron chi connectivity index (χ0n) is 8.32. The van der Waals surface area contributed by atoms with Crippen LogP contribution in [-0.2, 0) is 6.54 Å². The van der Waals surface area contributed by atoms with E-state index in [0.29, 0.717) is 12.1 Å². The summed E-state index contributed by atoms with van der Waals surface area (Å²) in [6.45, 7) is 0.833. The van der Waals surface area contributed by atoms with Gasteiger partial charge in [-0.1, -0.05) is 12.5 Å². The number of rotatable bonds is 3. The standard InChI is InChI=1S/C11H17N3/c12-10-5-3-6-11(10)14-8-9-4-1-2-7-13-9/h1-2,4,7,10-11,14H,3,5-6,8,12H2. The van der Waals surface area contributed by atoms with Crippen molar-refractivity contribution >= 4 is 0 Å². The summed E-state index contributed by atoms with van der Waals surface area (Å²) in [4.78, 5) is 4.26. The van der Waals surface area contributed by atoms with Gasteiger partial charge in [-0.3, -0.25) is 4.98 Å². The number of aromatic nitrogens is 1. The molecule has 1 aliphatic rings. The summed E-state index contributed by atoms with van der Waals surface area (Å²) >= 11 is 0. The van der Waals surface area contributed by atoms with Crippen LogP contribution in [0.2, 0.25) is 0 Å². The zero-order chi connectivity index (χ0) is 9.80. The number of hydrogen-bond donors (Lipinski definition) is 2. The maximum atomic E-state index is 5.96. The fraction of sp³-hybridized carbons (Fsp3) is 0.545. The smallest absolute Gasteiger partial charge is 0.0541 e. The molecule has 76 valence electrons. The van der Waals surface area contributed by atoms with Gasteiger partial charge < -0.3 is 11.1 Å². The summed E-state index contributed by atoms with van der Waals surface area (Å²) in [6.07, 6.45) is 5.43. The van der Waals surface area contributed by atoms with Gasteiger partial charge in [-0.2, -0.15) is 0 Å². The van der Waals surface area contributed by atoms with Crippen molar-refractivity contribution in [1.29, 1.82) is 0 Å². The molecule has 1 aliphatic carbocycles. The second kappa shape index (κ2) is 4.53. The summed E-state index contributed by atoms with van der Waals surface area (Å²) in [5, 5.41) is 3.46. The minimum Gasteiger partial charge on any atom is -0.326 e. The molecule has 3 nitrogen and oxygen atoms in total. The molecule has 2 rings (SSSR count). The van der Waals surface area contributed by atoms with Crippen LogP contribution in [0, 0.1) is 0 Å². The summed E-state index contributed by atoms with van der Waals surface area (Å²) in [6, 6.07) is 6.80. The minimum atomic E-state index is 0.332. The number of pyridine rings is 1. The summed E-state index contributed by atoms with van der Waals surface area (Å²) in [5.74, 6) is 0. The Morgan fingerprint density at radius 1 is 1.43 bits per heavy atom. The third-order valence-corrected chi connectivity index (χ3v) is 2.84. The van der Waals surface area contributed by atoms with Crippen LogP contribution in [0.1, 0.15) is 25.0 Å². The van der Waals surface area contributed by atoms with Crippen LogP contribution in [0.3, 0.4) is 0 Å².